The lowest BCUT2D eigenvalue weighted by molar-refractivity contribution is -0.139. The van der Waals surface area contributed by atoms with Gasteiger partial charge in [-0.1, -0.05) is 37.4 Å². The van der Waals surface area contributed by atoms with Crippen LogP contribution in [0.3, 0.4) is 0 Å². The molecule has 304 valence electrons. The number of esters is 2. The Hall–Kier alpha value is -7.39. The average molecular weight is 821 g/mol. The van der Waals surface area contributed by atoms with Crippen molar-refractivity contribution in [1.82, 2.24) is 0 Å². The third-order valence-corrected chi connectivity index (χ3v) is 9.81. The molecule has 4 rings (SSSR count). The fourth-order valence-electron chi connectivity index (χ4n) is 4.95. The van der Waals surface area contributed by atoms with Gasteiger partial charge in [-0.2, -0.15) is 0 Å². The van der Waals surface area contributed by atoms with Gasteiger partial charge in [-0.05, 0) is 98.8 Å². The smallest absolute Gasteiger partial charge is 0.333 e. The van der Waals surface area contributed by atoms with E-state index in [-0.39, 0.29) is 92.5 Å². The van der Waals surface area contributed by atoms with Gasteiger partial charge in [-0.25, -0.2) is 18.0 Å². The predicted molar refractivity (Wildman–Crippen MR) is 218 cm³/mol. The lowest BCUT2D eigenvalue weighted by Crippen LogP contribution is -2.17. The van der Waals surface area contributed by atoms with Gasteiger partial charge in [0, 0.05) is 35.1 Å². The number of sulfone groups is 1. The van der Waals surface area contributed by atoms with Gasteiger partial charge >= 0.3 is 11.9 Å². The SMILES string of the molecule is C=C(C)C(=O)OCC/C(=C\C=O)C(=O)Nc1ccccc1Oc1ccc(S(=O)(=O)c2ccc(Oc3ccccc3NC(=O)/C(=C/C=O)CCOC(=O)C(=C)C)cc2)cc1. The number of allylic oxidation sites excluding steroid dienone is 2. The maximum atomic E-state index is 13.5. The molecule has 0 unspecified atom stereocenters. The van der Waals surface area contributed by atoms with Crippen LogP contribution in [0.1, 0.15) is 26.7 Å². The Balaban J connectivity index is 1.41. The van der Waals surface area contributed by atoms with Crippen molar-refractivity contribution in [3.8, 4) is 23.0 Å². The first-order chi connectivity index (χ1) is 28.2. The number of benzene rings is 4. The first kappa shape index (κ1) is 44.3. The van der Waals surface area contributed by atoms with Crippen molar-refractivity contribution < 1.29 is 56.1 Å². The van der Waals surface area contributed by atoms with E-state index in [0.29, 0.717) is 12.6 Å². The number of ether oxygens (including phenoxy) is 4. The molecule has 0 saturated carbocycles. The van der Waals surface area contributed by atoms with Crippen LogP contribution in [0.15, 0.2) is 154 Å². The maximum absolute atomic E-state index is 13.5. The summed E-state index contributed by atoms with van der Waals surface area (Å²) in [5.74, 6) is -1.52. The minimum absolute atomic E-state index is 0.0299. The molecule has 0 spiro atoms. The van der Waals surface area contributed by atoms with E-state index in [1.807, 2.05) is 0 Å². The molecule has 0 aliphatic carbocycles. The predicted octanol–water partition coefficient (Wildman–Crippen LogP) is 7.25. The summed E-state index contributed by atoms with van der Waals surface area (Å²) in [6.07, 6.45) is 2.97. The highest BCUT2D eigenvalue weighted by molar-refractivity contribution is 7.91. The van der Waals surface area contributed by atoms with Crippen molar-refractivity contribution in [3.63, 3.8) is 0 Å². The lowest BCUT2D eigenvalue weighted by Gasteiger charge is -2.14. The monoisotopic (exact) mass is 820 g/mol. The molecule has 0 heterocycles. The zero-order valence-electron chi connectivity index (χ0n) is 32.1. The summed E-state index contributed by atoms with van der Waals surface area (Å²) in [6.45, 7) is 9.67. The minimum Gasteiger partial charge on any atom is -0.462 e. The first-order valence-electron chi connectivity index (χ1n) is 17.8. The van der Waals surface area contributed by atoms with Crippen LogP contribution >= 0.6 is 0 Å². The quantitative estimate of drug-likeness (QED) is 0.0515. The molecule has 2 N–H and O–H groups in total. The van der Waals surface area contributed by atoms with Crippen molar-refractivity contribution in [2.45, 2.75) is 36.5 Å². The second-order valence-corrected chi connectivity index (χ2v) is 14.5. The number of carbonyl (C=O) groups is 6. The van der Waals surface area contributed by atoms with E-state index >= 15 is 0 Å². The lowest BCUT2D eigenvalue weighted by atomic mass is 10.1. The van der Waals surface area contributed by atoms with Crippen LogP contribution in [-0.4, -0.2) is 58.0 Å². The number of carbonyl (C=O) groups excluding carboxylic acids is 6. The number of nitrogens with one attached hydrogen (secondary N) is 2. The Bertz CT molecular complexity index is 2250. The molecule has 4 aromatic rings. The molecule has 2 amide bonds. The molecule has 0 atom stereocenters. The highest BCUT2D eigenvalue weighted by atomic mass is 32.2. The van der Waals surface area contributed by atoms with Crippen molar-refractivity contribution in [2.24, 2.45) is 0 Å². The molecule has 4 aromatic carbocycles. The Morgan fingerprint density at radius 2 is 0.932 bits per heavy atom. The molecule has 0 radical (unpaired) electrons. The number of rotatable bonds is 20. The Morgan fingerprint density at radius 3 is 1.27 bits per heavy atom. The Labute approximate surface area is 340 Å². The molecular weight excluding hydrogens is 781 g/mol. The van der Waals surface area contributed by atoms with Gasteiger partial charge in [0.15, 0.2) is 11.5 Å². The number of amides is 2. The van der Waals surface area contributed by atoms with Gasteiger partial charge in [0.25, 0.3) is 11.8 Å². The van der Waals surface area contributed by atoms with Crippen LogP contribution in [0.4, 0.5) is 11.4 Å². The van der Waals surface area contributed by atoms with Gasteiger partial charge in [-0.3, -0.25) is 19.2 Å². The van der Waals surface area contributed by atoms with E-state index in [1.54, 1.807) is 48.5 Å². The fourth-order valence-corrected chi connectivity index (χ4v) is 6.21. The van der Waals surface area contributed by atoms with Crippen molar-refractivity contribution in [2.75, 3.05) is 23.8 Å². The summed E-state index contributed by atoms with van der Waals surface area (Å²) in [4.78, 5) is 71.7. The number of anilines is 2. The molecule has 59 heavy (non-hydrogen) atoms. The summed E-state index contributed by atoms with van der Waals surface area (Å²) >= 11 is 0. The zero-order chi connectivity index (χ0) is 43.0. The highest BCUT2D eigenvalue weighted by Gasteiger charge is 2.20. The van der Waals surface area contributed by atoms with Crippen molar-refractivity contribution in [1.29, 1.82) is 0 Å². The number of hydrogen-bond acceptors (Lipinski definition) is 12. The second kappa shape index (κ2) is 21.2. The zero-order valence-corrected chi connectivity index (χ0v) is 32.9. The van der Waals surface area contributed by atoms with Gasteiger partial charge in [0.05, 0.1) is 34.4 Å². The second-order valence-electron chi connectivity index (χ2n) is 12.5. The van der Waals surface area contributed by atoms with Gasteiger partial charge in [0.2, 0.25) is 9.84 Å². The van der Waals surface area contributed by atoms with E-state index in [0.717, 1.165) is 12.2 Å². The van der Waals surface area contributed by atoms with E-state index < -0.39 is 33.6 Å². The molecular formula is C44H40N2O12S. The molecule has 15 heteroatoms. The standard InChI is InChI=1S/C44H40N2O12S/c1-29(2)43(51)55-27-23-31(21-25-47)41(49)45-37-9-5-7-11-39(37)57-33-13-17-35(18-14-33)59(53,54)36-19-15-34(16-20-36)58-40-12-8-6-10-38(40)46-42(50)32(22-26-48)24-28-56-44(52)30(3)4/h5-22,25-26H,1,3,23-24,27-28H2,2,4H3,(H,45,49)(H,46,50)/b31-21+,32-22+. The van der Waals surface area contributed by atoms with E-state index in [9.17, 15) is 37.2 Å². The number of para-hydroxylation sites is 4. The topological polar surface area (TPSA) is 198 Å². The van der Waals surface area contributed by atoms with Crippen LogP contribution in [0.5, 0.6) is 23.0 Å². The largest absolute Gasteiger partial charge is 0.462 e. The summed E-state index contributed by atoms with van der Waals surface area (Å²) in [5.41, 5.74) is 1.02. The summed E-state index contributed by atoms with van der Waals surface area (Å²) in [7, 11) is -4.00. The first-order valence-corrected chi connectivity index (χ1v) is 19.3. The molecule has 0 aliphatic rings. The third kappa shape index (κ3) is 12.8. The average Bonchev–Trinajstić information content (AvgIpc) is 3.21. The van der Waals surface area contributed by atoms with Crippen LogP contribution in [-0.2, 0) is 48.1 Å². The number of aldehydes is 2. The normalized spacial score (nSPS) is 11.4. The summed E-state index contributed by atoms with van der Waals surface area (Å²) in [6, 6.07) is 24.2. The van der Waals surface area contributed by atoms with Crippen molar-refractivity contribution in [3.05, 3.63) is 145 Å². The van der Waals surface area contributed by atoms with Crippen LogP contribution in [0.2, 0.25) is 0 Å². The molecule has 0 bridgehead atoms. The van der Waals surface area contributed by atoms with Gasteiger partial charge < -0.3 is 29.6 Å². The van der Waals surface area contributed by atoms with Crippen LogP contribution in [0.25, 0.3) is 0 Å². The molecule has 0 saturated heterocycles. The Morgan fingerprint density at radius 1 is 0.576 bits per heavy atom. The highest BCUT2D eigenvalue weighted by Crippen LogP contribution is 2.33. The third-order valence-electron chi connectivity index (χ3n) is 8.02. The summed E-state index contributed by atoms with van der Waals surface area (Å²) in [5, 5.41) is 5.37. The molecule has 0 aromatic heterocycles. The van der Waals surface area contributed by atoms with Crippen LogP contribution < -0.4 is 20.1 Å². The van der Waals surface area contributed by atoms with Gasteiger partial charge in [-0.15, -0.1) is 0 Å². The molecule has 0 aliphatic heterocycles. The number of hydrogen-bond donors (Lipinski definition) is 2. The van der Waals surface area contributed by atoms with E-state index in [1.165, 1.54) is 62.4 Å². The van der Waals surface area contributed by atoms with Gasteiger partial charge in [0.1, 0.15) is 24.1 Å². The fraction of sp³-hybridized carbons (Fsp3) is 0.136. The van der Waals surface area contributed by atoms with Crippen LogP contribution in [0, 0.1) is 0 Å². The molecule has 14 nitrogen and oxygen atoms in total. The molecule has 0 fully saturated rings. The summed E-state index contributed by atoms with van der Waals surface area (Å²) < 4.78 is 49.1. The van der Waals surface area contributed by atoms with E-state index in [4.69, 9.17) is 18.9 Å². The maximum Gasteiger partial charge on any atom is 0.333 e. The van der Waals surface area contributed by atoms with E-state index in [2.05, 4.69) is 23.8 Å². The minimum atomic E-state index is -4.00. The Kier molecular flexibility index (Phi) is 15.9. The van der Waals surface area contributed by atoms with Crippen molar-refractivity contribution >= 4 is 57.5 Å².